The zero-order chi connectivity index (χ0) is 10.3. The molecule has 0 N–H and O–H groups in total. The summed E-state index contributed by atoms with van der Waals surface area (Å²) >= 11 is 5.47. The van der Waals surface area contributed by atoms with Gasteiger partial charge in [-0.05, 0) is 18.1 Å². The van der Waals surface area contributed by atoms with Gasteiger partial charge in [-0.3, -0.25) is 0 Å². The topological polar surface area (TPSA) is 9.23 Å². The molecular formula is C12H11OPS. The van der Waals surface area contributed by atoms with Gasteiger partial charge in [0.15, 0.2) is 0 Å². The molecule has 0 aromatic heterocycles. The molecule has 0 amide bonds. The van der Waals surface area contributed by atoms with Gasteiger partial charge in [0.1, 0.15) is 12.7 Å². The van der Waals surface area contributed by atoms with E-state index in [-0.39, 0.29) is 0 Å². The SMILES string of the molecule is S=[PH]1Oc2ccccc2C2=CC=CCC21. The Bertz CT molecular complexity index is 490. The quantitative estimate of drug-likeness (QED) is 0.636. The highest BCUT2D eigenvalue weighted by molar-refractivity contribution is 8.03. The van der Waals surface area contributed by atoms with Crippen molar-refractivity contribution in [3.05, 3.63) is 48.1 Å². The van der Waals surface area contributed by atoms with Crippen molar-refractivity contribution < 1.29 is 4.52 Å². The summed E-state index contributed by atoms with van der Waals surface area (Å²) in [6.45, 7) is -1.14. The van der Waals surface area contributed by atoms with Crippen LogP contribution in [-0.2, 0) is 11.8 Å². The zero-order valence-electron chi connectivity index (χ0n) is 8.14. The van der Waals surface area contributed by atoms with Crippen LogP contribution in [0.25, 0.3) is 5.57 Å². The third-order valence-corrected chi connectivity index (χ3v) is 5.49. The van der Waals surface area contributed by atoms with Gasteiger partial charge in [-0.1, -0.05) is 48.2 Å². The first kappa shape index (κ1) is 9.38. The average Bonchev–Trinajstić information content (AvgIpc) is 2.30. The van der Waals surface area contributed by atoms with Crippen LogP contribution in [0.2, 0.25) is 0 Å². The molecule has 15 heavy (non-hydrogen) atoms. The maximum absolute atomic E-state index is 5.84. The van der Waals surface area contributed by atoms with Gasteiger partial charge >= 0.3 is 0 Å². The first-order valence-electron chi connectivity index (χ1n) is 5.04. The second-order valence-electron chi connectivity index (χ2n) is 3.76. The standard InChI is InChI=1S/C12H11OPS/c15-14-12-8-4-2-6-10(12)9-5-1-3-7-11(9)13-14/h1-7,12,14H,8H2. The van der Waals surface area contributed by atoms with E-state index in [2.05, 4.69) is 30.4 Å². The van der Waals surface area contributed by atoms with Crippen LogP contribution in [0.15, 0.2) is 42.5 Å². The largest absolute Gasteiger partial charge is 0.468 e. The Labute approximate surface area is 95.0 Å². The summed E-state index contributed by atoms with van der Waals surface area (Å²) < 4.78 is 5.84. The molecule has 2 atom stereocenters. The molecule has 1 nitrogen and oxygen atoms in total. The predicted octanol–water partition coefficient (Wildman–Crippen LogP) is 3.38. The minimum Gasteiger partial charge on any atom is -0.468 e. The molecule has 0 spiro atoms. The molecule has 0 fully saturated rings. The van der Waals surface area contributed by atoms with Gasteiger partial charge in [0.05, 0.1) is 0 Å². The minimum absolute atomic E-state index is 0.449. The maximum Gasteiger partial charge on any atom is 0.131 e. The molecule has 0 bridgehead atoms. The number of allylic oxidation sites excluding steroid dienone is 4. The molecule has 1 aromatic rings. The Hall–Kier alpha value is -0.850. The highest BCUT2D eigenvalue weighted by Gasteiger charge is 2.28. The van der Waals surface area contributed by atoms with E-state index in [1.165, 1.54) is 11.1 Å². The van der Waals surface area contributed by atoms with Crippen LogP contribution < -0.4 is 4.52 Å². The van der Waals surface area contributed by atoms with Crippen molar-refractivity contribution in [3.63, 3.8) is 0 Å². The van der Waals surface area contributed by atoms with Crippen molar-refractivity contribution in [2.45, 2.75) is 12.1 Å². The lowest BCUT2D eigenvalue weighted by molar-refractivity contribution is 0.609. The number of para-hydroxylation sites is 1. The number of hydrogen-bond acceptors (Lipinski definition) is 2. The van der Waals surface area contributed by atoms with Gasteiger partial charge in [-0.2, -0.15) is 0 Å². The molecule has 1 aliphatic carbocycles. The van der Waals surface area contributed by atoms with E-state index in [4.69, 9.17) is 16.3 Å². The Balaban J connectivity index is 2.21. The summed E-state index contributed by atoms with van der Waals surface area (Å²) in [7, 11) is 0. The molecule has 0 radical (unpaired) electrons. The van der Waals surface area contributed by atoms with E-state index in [0.29, 0.717) is 5.66 Å². The number of fused-ring (bicyclic) bond motifs is 3. The summed E-state index contributed by atoms with van der Waals surface area (Å²) in [5.74, 6) is 0.971. The van der Waals surface area contributed by atoms with Crippen LogP contribution in [0, 0.1) is 0 Å². The second-order valence-corrected chi connectivity index (χ2v) is 6.50. The summed E-state index contributed by atoms with van der Waals surface area (Å²) in [4.78, 5) is 0. The normalized spacial score (nSPS) is 27.3. The van der Waals surface area contributed by atoms with Crippen molar-refractivity contribution in [1.82, 2.24) is 0 Å². The lowest BCUT2D eigenvalue weighted by Crippen LogP contribution is -2.14. The van der Waals surface area contributed by atoms with Crippen molar-refractivity contribution in [1.29, 1.82) is 0 Å². The Morgan fingerprint density at radius 3 is 3.13 bits per heavy atom. The van der Waals surface area contributed by atoms with E-state index in [1.807, 2.05) is 12.1 Å². The van der Waals surface area contributed by atoms with Gasteiger partial charge in [0.2, 0.25) is 0 Å². The second kappa shape index (κ2) is 3.62. The fourth-order valence-electron chi connectivity index (χ4n) is 2.10. The first-order valence-corrected chi connectivity index (χ1v) is 7.66. The highest BCUT2D eigenvalue weighted by atomic mass is 32.4. The molecule has 0 saturated carbocycles. The highest BCUT2D eigenvalue weighted by Crippen LogP contribution is 2.50. The van der Waals surface area contributed by atoms with Crippen molar-refractivity contribution in [3.8, 4) is 5.75 Å². The maximum atomic E-state index is 5.84. The van der Waals surface area contributed by atoms with Gasteiger partial charge in [0.25, 0.3) is 0 Å². The third kappa shape index (κ3) is 1.49. The van der Waals surface area contributed by atoms with Gasteiger partial charge < -0.3 is 4.52 Å². The van der Waals surface area contributed by atoms with Crippen LogP contribution in [-0.4, -0.2) is 5.66 Å². The molecule has 3 rings (SSSR count). The smallest absolute Gasteiger partial charge is 0.131 e. The molecule has 1 aliphatic heterocycles. The van der Waals surface area contributed by atoms with Crippen molar-refractivity contribution in [2.24, 2.45) is 0 Å². The van der Waals surface area contributed by atoms with Crippen molar-refractivity contribution >= 4 is 24.3 Å². The van der Waals surface area contributed by atoms with Gasteiger partial charge in [0, 0.05) is 11.2 Å². The van der Waals surface area contributed by atoms with E-state index in [0.717, 1.165) is 12.2 Å². The van der Waals surface area contributed by atoms with E-state index in [9.17, 15) is 0 Å². The van der Waals surface area contributed by atoms with Crippen LogP contribution in [0.3, 0.4) is 0 Å². The summed E-state index contributed by atoms with van der Waals surface area (Å²) in [5, 5.41) is 0. The molecule has 76 valence electrons. The lowest BCUT2D eigenvalue weighted by Gasteiger charge is -2.30. The number of rotatable bonds is 0. The molecule has 1 heterocycles. The van der Waals surface area contributed by atoms with Gasteiger partial charge in [-0.25, -0.2) is 0 Å². The zero-order valence-corrected chi connectivity index (χ0v) is 9.96. The van der Waals surface area contributed by atoms with Gasteiger partial charge in [-0.15, -0.1) is 0 Å². The third-order valence-electron chi connectivity index (χ3n) is 2.85. The monoisotopic (exact) mass is 234 g/mol. The fourth-order valence-corrected chi connectivity index (χ4v) is 4.41. The molecule has 3 heteroatoms. The molecule has 2 aliphatic rings. The van der Waals surface area contributed by atoms with E-state index >= 15 is 0 Å². The van der Waals surface area contributed by atoms with Crippen LogP contribution in [0.1, 0.15) is 12.0 Å². The van der Waals surface area contributed by atoms with E-state index < -0.39 is 6.92 Å². The van der Waals surface area contributed by atoms with Crippen LogP contribution in [0.4, 0.5) is 0 Å². The van der Waals surface area contributed by atoms with Crippen LogP contribution >= 0.6 is 6.92 Å². The summed E-state index contributed by atoms with van der Waals surface area (Å²) in [5.41, 5.74) is 3.05. The Morgan fingerprint density at radius 2 is 2.20 bits per heavy atom. The van der Waals surface area contributed by atoms with E-state index in [1.54, 1.807) is 0 Å². The number of hydrogen-bond donors (Lipinski definition) is 0. The molecule has 1 aromatic carbocycles. The molecular weight excluding hydrogens is 223 g/mol. The Morgan fingerprint density at radius 1 is 1.33 bits per heavy atom. The first-order chi connectivity index (χ1) is 7.36. The minimum atomic E-state index is -1.14. The average molecular weight is 234 g/mol. The molecule has 2 unspecified atom stereocenters. The lowest BCUT2D eigenvalue weighted by atomic mass is 9.96. The van der Waals surface area contributed by atoms with Crippen LogP contribution in [0.5, 0.6) is 5.75 Å². The summed E-state index contributed by atoms with van der Waals surface area (Å²) in [6, 6.07) is 8.20. The predicted molar refractivity (Wildman–Crippen MR) is 68.3 cm³/mol. The Kier molecular flexibility index (Phi) is 2.27. The fraction of sp³-hybridized carbons (Fsp3) is 0.167. The molecule has 0 saturated heterocycles. The number of benzene rings is 1. The summed E-state index contributed by atoms with van der Waals surface area (Å²) in [6.07, 6.45) is 7.53. The van der Waals surface area contributed by atoms with Crippen molar-refractivity contribution in [2.75, 3.05) is 0 Å².